The van der Waals surface area contributed by atoms with Crippen molar-refractivity contribution in [2.24, 2.45) is 0 Å². The zero-order chi connectivity index (χ0) is 14.7. The number of hydrogen-bond acceptors (Lipinski definition) is 3. The predicted octanol–water partition coefficient (Wildman–Crippen LogP) is 3.36. The van der Waals surface area contributed by atoms with Crippen LogP contribution in [0.1, 0.15) is 29.3 Å². The van der Waals surface area contributed by atoms with Crippen molar-refractivity contribution in [1.82, 2.24) is 15.0 Å². The van der Waals surface area contributed by atoms with Crippen LogP contribution >= 0.6 is 11.6 Å². The Morgan fingerprint density at radius 3 is 2.65 bits per heavy atom. The molecule has 108 valence electrons. The molecular formula is C15H20ClN3O. The Hall–Kier alpha value is -1.55. The zero-order valence-electron chi connectivity index (χ0n) is 12.4. The quantitative estimate of drug-likeness (QED) is 0.848. The topological polar surface area (TPSA) is 39.9 Å². The first kappa shape index (κ1) is 14.9. The summed E-state index contributed by atoms with van der Waals surface area (Å²) in [5.41, 5.74) is 4.29. The van der Waals surface area contributed by atoms with Crippen LogP contribution in [0, 0.1) is 13.8 Å². The molecule has 0 atom stereocenters. The van der Waals surface area contributed by atoms with Crippen molar-refractivity contribution in [3.05, 3.63) is 39.7 Å². The molecule has 20 heavy (non-hydrogen) atoms. The standard InChI is InChI=1S/C15H20ClN3O/c1-5-19-9-12(17-18-19)6-7-13-11(3)14(16)8-10(2)15(13)20-4/h8-9H,5-7H2,1-4H3. The molecule has 4 nitrogen and oxygen atoms in total. The van der Waals surface area contributed by atoms with E-state index in [0.717, 1.165) is 52.5 Å². The Balaban J connectivity index is 2.24. The summed E-state index contributed by atoms with van der Waals surface area (Å²) in [6.07, 6.45) is 3.66. The van der Waals surface area contributed by atoms with Gasteiger partial charge in [-0.2, -0.15) is 0 Å². The van der Waals surface area contributed by atoms with E-state index in [-0.39, 0.29) is 0 Å². The number of benzene rings is 1. The lowest BCUT2D eigenvalue weighted by molar-refractivity contribution is 0.406. The molecular weight excluding hydrogens is 274 g/mol. The van der Waals surface area contributed by atoms with Gasteiger partial charge in [-0.1, -0.05) is 16.8 Å². The lowest BCUT2D eigenvalue weighted by Gasteiger charge is -2.15. The van der Waals surface area contributed by atoms with Gasteiger partial charge in [0.1, 0.15) is 5.75 Å². The second-order valence-corrected chi connectivity index (χ2v) is 5.28. The molecule has 0 bridgehead atoms. The van der Waals surface area contributed by atoms with Crippen LogP contribution in [0.4, 0.5) is 0 Å². The van der Waals surface area contributed by atoms with Crippen molar-refractivity contribution in [2.45, 2.75) is 40.2 Å². The highest BCUT2D eigenvalue weighted by Crippen LogP contribution is 2.32. The van der Waals surface area contributed by atoms with Crippen molar-refractivity contribution < 1.29 is 4.74 Å². The number of nitrogens with zero attached hydrogens (tertiary/aromatic N) is 3. The van der Waals surface area contributed by atoms with E-state index < -0.39 is 0 Å². The van der Waals surface area contributed by atoms with Gasteiger partial charge >= 0.3 is 0 Å². The molecule has 1 heterocycles. The molecule has 0 saturated heterocycles. The maximum atomic E-state index is 6.27. The number of methoxy groups -OCH3 is 1. The van der Waals surface area contributed by atoms with Gasteiger partial charge < -0.3 is 4.74 Å². The van der Waals surface area contributed by atoms with Crippen molar-refractivity contribution in [3.8, 4) is 5.75 Å². The number of aryl methyl sites for hydroxylation is 3. The smallest absolute Gasteiger partial charge is 0.125 e. The van der Waals surface area contributed by atoms with Crippen LogP contribution in [-0.4, -0.2) is 22.1 Å². The minimum atomic E-state index is 0.788. The largest absolute Gasteiger partial charge is 0.496 e. The van der Waals surface area contributed by atoms with E-state index in [9.17, 15) is 0 Å². The van der Waals surface area contributed by atoms with E-state index in [1.165, 1.54) is 0 Å². The molecule has 0 saturated carbocycles. The van der Waals surface area contributed by atoms with Gasteiger partial charge in [0, 0.05) is 17.8 Å². The molecule has 2 aromatic rings. The Morgan fingerprint density at radius 2 is 2.05 bits per heavy atom. The summed E-state index contributed by atoms with van der Waals surface area (Å²) in [4.78, 5) is 0. The molecule has 0 N–H and O–H groups in total. The molecule has 0 aliphatic heterocycles. The minimum Gasteiger partial charge on any atom is -0.496 e. The highest BCUT2D eigenvalue weighted by Gasteiger charge is 2.14. The first-order chi connectivity index (χ1) is 9.56. The van der Waals surface area contributed by atoms with Gasteiger partial charge in [0.2, 0.25) is 0 Å². The molecule has 0 fully saturated rings. The molecule has 0 radical (unpaired) electrons. The van der Waals surface area contributed by atoms with Gasteiger partial charge in [-0.05, 0) is 56.4 Å². The summed E-state index contributed by atoms with van der Waals surface area (Å²) in [5.74, 6) is 0.926. The highest BCUT2D eigenvalue weighted by molar-refractivity contribution is 6.31. The first-order valence-corrected chi connectivity index (χ1v) is 7.16. The van der Waals surface area contributed by atoms with Crippen molar-refractivity contribution in [1.29, 1.82) is 0 Å². The average molecular weight is 294 g/mol. The fourth-order valence-electron chi connectivity index (χ4n) is 2.36. The molecule has 5 heteroatoms. The van der Waals surface area contributed by atoms with E-state index in [1.54, 1.807) is 7.11 Å². The fourth-order valence-corrected chi connectivity index (χ4v) is 2.64. The van der Waals surface area contributed by atoms with Gasteiger partial charge in [0.25, 0.3) is 0 Å². The first-order valence-electron chi connectivity index (χ1n) is 6.78. The summed E-state index contributed by atoms with van der Waals surface area (Å²) >= 11 is 6.27. The molecule has 0 amide bonds. The van der Waals surface area contributed by atoms with Crippen LogP contribution < -0.4 is 4.74 Å². The Labute approximate surface area is 124 Å². The maximum Gasteiger partial charge on any atom is 0.125 e. The predicted molar refractivity (Wildman–Crippen MR) is 80.6 cm³/mol. The van der Waals surface area contributed by atoms with Crippen molar-refractivity contribution >= 4 is 11.6 Å². The van der Waals surface area contributed by atoms with Crippen LogP contribution in [-0.2, 0) is 19.4 Å². The van der Waals surface area contributed by atoms with E-state index in [4.69, 9.17) is 16.3 Å². The Kier molecular flexibility index (Phi) is 4.65. The third kappa shape index (κ3) is 2.96. The van der Waals surface area contributed by atoms with Crippen LogP contribution in [0.2, 0.25) is 5.02 Å². The molecule has 0 aliphatic carbocycles. The van der Waals surface area contributed by atoms with Crippen LogP contribution in [0.3, 0.4) is 0 Å². The van der Waals surface area contributed by atoms with Crippen LogP contribution in [0.15, 0.2) is 12.3 Å². The molecule has 0 spiro atoms. The summed E-state index contributed by atoms with van der Waals surface area (Å²) in [7, 11) is 1.70. The van der Waals surface area contributed by atoms with Crippen LogP contribution in [0.5, 0.6) is 5.75 Å². The summed E-state index contributed by atoms with van der Waals surface area (Å²) in [5, 5.41) is 9.02. The summed E-state index contributed by atoms with van der Waals surface area (Å²) in [6, 6.07) is 1.95. The lowest BCUT2D eigenvalue weighted by Crippen LogP contribution is -2.01. The van der Waals surface area contributed by atoms with E-state index in [1.807, 2.05) is 37.7 Å². The fraction of sp³-hybridized carbons (Fsp3) is 0.467. The number of hydrogen-bond donors (Lipinski definition) is 0. The Morgan fingerprint density at radius 1 is 1.30 bits per heavy atom. The number of halogens is 1. The molecule has 1 aromatic carbocycles. The van der Waals surface area contributed by atoms with Crippen molar-refractivity contribution in [2.75, 3.05) is 7.11 Å². The van der Waals surface area contributed by atoms with Gasteiger partial charge in [-0.3, -0.25) is 4.68 Å². The monoisotopic (exact) mass is 293 g/mol. The summed E-state index contributed by atoms with van der Waals surface area (Å²) < 4.78 is 7.36. The van der Waals surface area contributed by atoms with Gasteiger partial charge in [0.15, 0.2) is 0 Å². The highest BCUT2D eigenvalue weighted by atomic mass is 35.5. The second kappa shape index (κ2) is 6.27. The second-order valence-electron chi connectivity index (χ2n) is 4.88. The van der Waals surface area contributed by atoms with E-state index >= 15 is 0 Å². The van der Waals surface area contributed by atoms with Crippen LogP contribution in [0.25, 0.3) is 0 Å². The maximum absolute atomic E-state index is 6.27. The zero-order valence-corrected chi connectivity index (χ0v) is 13.2. The average Bonchev–Trinajstić information content (AvgIpc) is 2.89. The molecule has 2 rings (SSSR count). The molecule has 1 aromatic heterocycles. The van der Waals surface area contributed by atoms with Gasteiger partial charge in [0.05, 0.1) is 12.8 Å². The SMILES string of the molecule is CCn1cc(CCc2c(C)c(Cl)cc(C)c2OC)nn1. The van der Waals surface area contributed by atoms with Crippen molar-refractivity contribution in [3.63, 3.8) is 0 Å². The van der Waals surface area contributed by atoms with E-state index in [0.29, 0.717) is 0 Å². The number of ether oxygens (including phenoxy) is 1. The normalized spacial score (nSPS) is 10.8. The molecule has 0 aliphatic rings. The number of rotatable bonds is 5. The van der Waals surface area contributed by atoms with Gasteiger partial charge in [-0.15, -0.1) is 5.10 Å². The number of aromatic nitrogens is 3. The third-order valence-electron chi connectivity index (χ3n) is 3.53. The minimum absolute atomic E-state index is 0.788. The Bertz CT molecular complexity index is 607. The van der Waals surface area contributed by atoms with E-state index in [2.05, 4.69) is 10.3 Å². The lowest BCUT2D eigenvalue weighted by atomic mass is 9.99. The summed E-state index contributed by atoms with van der Waals surface area (Å²) in [6.45, 7) is 6.93. The third-order valence-corrected chi connectivity index (χ3v) is 3.92. The molecule has 0 unspecified atom stereocenters. The van der Waals surface area contributed by atoms with Gasteiger partial charge in [-0.25, -0.2) is 0 Å².